The number of hydrogen-bond donors (Lipinski definition) is 2. The predicted molar refractivity (Wildman–Crippen MR) is 122 cm³/mol. The quantitative estimate of drug-likeness (QED) is 0.600. The minimum Gasteiger partial charge on any atom is -0.486 e. The summed E-state index contributed by atoms with van der Waals surface area (Å²) in [6.45, 7) is 2.94. The summed E-state index contributed by atoms with van der Waals surface area (Å²) < 4.78 is 11.2. The lowest BCUT2D eigenvalue weighted by Crippen LogP contribution is -2.48. The van der Waals surface area contributed by atoms with Crippen molar-refractivity contribution in [2.45, 2.75) is 25.4 Å². The third kappa shape index (κ3) is 5.27. The minimum absolute atomic E-state index is 0.250. The molecule has 0 bridgehead atoms. The summed E-state index contributed by atoms with van der Waals surface area (Å²) in [7, 11) is 0. The van der Waals surface area contributed by atoms with Crippen molar-refractivity contribution in [1.29, 1.82) is 0 Å². The van der Waals surface area contributed by atoms with E-state index in [0.717, 1.165) is 11.1 Å². The number of hydrogen-bond acceptors (Lipinski definition) is 4. The Morgan fingerprint density at radius 1 is 0.844 bits per heavy atom. The molecule has 164 valence electrons. The normalized spacial score (nSPS) is 14.2. The van der Waals surface area contributed by atoms with Gasteiger partial charge in [-0.3, -0.25) is 9.59 Å². The highest BCUT2D eigenvalue weighted by molar-refractivity contribution is 5.97. The van der Waals surface area contributed by atoms with Crippen LogP contribution in [0.2, 0.25) is 0 Å². The summed E-state index contributed by atoms with van der Waals surface area (Å²) in [6, 6.07) is 23.2. The zero-order valence-electron chi connectivity index (χ0n) is 17.9. The second kappa shape index (κ2) is 10.0. The lowest BCUT2D eigenvalue weighted by atomic mass is 10.0. The number of carbonyl (C=O) groups is 2. The average Bonchev–Trinajstić information content (AvgIpc) is 2.84. The summed E-state index contributed by atoms with van der Waals surface area (Å²) in [6.07, 6.45) is 0.388. The Bertz CT molecular complexity index is 1070. The van der Waals surface area contributed by atoms with Gasteiger partial charge in [0.15, 0.2) is 11.5 Å². The predicted octanol–water partition coefficient (Wildman–Crippen LogP) is 3.68. The molecule has 1 aliphatic rings. The molecule has 2 atom stereocenters. The summed E-state index contributed by atoms with van der Waals surface area (Å²) in [5, 5.41) is 5.92. The van der Waals surface area contributed by atoms with Gasteiger partial charge in [0.2, 0.25) is 5.91 Å². The van der Waals surface area contributed by atoms with Gasteiger partial charge in [-0.2, -0.15) is 0 Å². The molecule has 0 fully saturated rings. The van der Waals surface area contributed by atoms with Crippen molar-refractivity contribution in [3.63, 3.8) is 0 Å². The van der Waals surface area contributed by atoms with Gasteiger partial charge in [-0.25, -0.2) is 0 Å². The second-order valence-electron chi connectivity index (χ2n) is 7.72. The van der Waals surface area contributed by atoms with Crippen molar-refractivity contribution in [2.24, 2.45) is 0 Å². The molecule has 32 heavy (non-hydrogen) atoms. The molecule has 6 nitrogen and oxygen atoms in total. The van der Waals surface area contributed by atoms with Crippen LogP contribution >= 0.6 is 0 Å². The van der Waals surface area contributed by atoms with Gasteiger partial charge in [-0.15, -0.1) is 0 Å². The molecule has 0 saturated carbocycles. The Balaban J connectivity index is 1.49. The summed E-state index contributed by atoms with van der Waals surface area (Å²) in [5.74, 6) is 0.845. The fourth-order valence-electron chi connectivity index (χ4n) is 3.62. The number of ether oxygens (including phenoxy) is 2. The molecule has 6 heteroatoms. The monoisotopic (exact) mass is 430 g/mol. The Hall–Kier alpha value is -3.80. The van der Waals surface area contributed by atoms with E-state index >= 15 is 0 Å². The maximum Gasteiger partial charge on any atom is 0.251 e. The Labute approximate surface area is 187 Å². The van der Waals surface area contributed by atoms with Crippen molar-refractivity contribution >= 4 is 11.8 Å². The first kappa shape index (κ1) is 21.4. The first-order chi connectivity index (χ1) is 15.6. The summed E-state index contributed by atoms with van der Waals surface area (Å²) in [5.41, 5.74) is 2.38. The number of rotatable bonds is 7. The maximum absolute atomic E-state index is 13.2. The van der Waals surface area contributed by atoms with Crippen LogP contribution < -0.4 is 20.1 Å². The van der Waals surface area contributed by atoms with Crippen LogP contribution in [0.1, 0.15) is 34.5 Å². The van der Waals surface area contributed by atoms with Crippen LogP contribution in [0.25, 0.3) is 0 Å². The highest BCUT2D eigenvalue weighted by Crippen LogP contribution is 2.32. The summed E-state index contributed by atoms with van der Waals surface area (Å²) >= 11 is 0. The van der Waals surface area contributed by atoms with E-state index in [9.17, 15) is 9.59 Å². The second-order valence-corrected chi connectivity index (χ2v) is 7.72. The lowest BCUT2D eigenvalue weighted by Gasteiger charge is -2.23. The first-order valence-electron chi connectivity index (χ1n) is 10.7. The zero-order chi connectivity index (χ0) is 22.3. The fraction of sp³-hybridized carbons (Fsp3) is 0.231. The molecular weight excluding hydrogens is 404 g/mol. The van der Waals surface area contributed by atoms with E-state index in [1.165, 1.54) is 0 Å². The van der Waals surface area contributed by atoms with E-state index in [2.05, 4.69) is 10.6 Å². The van der Waals surface area contributed by atoms with Crippen molar-refractivity contribution in [1.82, 2.24) is 10.6 Å². The number of nitrogens with one attached hydrogen (secondary N) is 2. The maximum atomic E-state index is 13.2. The zero-order valence-corrected chi connectivity index (χ0v) is 17.9. The molecule has 3 aromatic rings. The van der Waals surface area contributed by atoms with Gasteiger partial charge >= 0.3 is 0 Å². The molecule has 3 aromatic carbocycles. The molecule has 1 heterocycles. The van der Waals surface area contributed by atoms with Gasteiger partial charge < -0.3 is 20.1 Å². The SMILES string of the molecule is CC(NC(=O)C(Cc1ccccc1)NC(=O)c1ccccc1)c1ccc2c(c1)OCCO2. The number of benzene rings is 3. The van der Waals surface area contributed by atoms with E-state index in [1.54, 1.807) is 24.3 Å². The molecular formula is C26H26N2O4. The van der Waals surface area contributed by atoms with E-state index in [4.69, 9.17) is 9.47 Å². The summed E-state index contributed by atoms with van der Waals surface area (Å²) in [4.78, 5) is 25.9. The van der Waals surface area contributed by atoms with Crippen LogP contribution in [-0.2, 0) is 11.2 Å². The van der Waals surface area contributed by atoms with Gasteiger partial charge in [0.25, 0.3) is 5.91 Å². The molecule has 2 unspecified atom stereocenters. The van der Waals surface area contributed by atoms with Crippen LogP contribution in [0.3, 0.4) is 0 Å². The lowest BCUT2D eigenvalue weighted by molar-refractivity contribution is -0.123. The van der Waals surface area contributed by atoms with Crippen LogP contribution in [0.15, 0.2) is 78.9 Å². The fourth-order valence-corrected chi connectivity index (χ4v) is 3.62. The number of amides is 2. The van der Waals surface area contributed by atoms with Crippen LogP contribution in [0.5, 0.6) is 11.5 Å². The van der Waals surface area contributed by atoms with Crippen LogP contribution in [-0.4, -0.2) is 31.1 Å². The largest absolute Gasteiger partial charge is 0.486 e. The minimum atomic E-state index is -0.718. The van der Waals surface area contributed by atoms with Crippen LogP contribution in [0, 0.1) is 0 Å². The van der Waals surface area contributed by atoms with Crippen molar-refractivity contribution in [3.8, 4) is 11.5 Å². The Morgan fingerprint density at radius 2 is 1.50 bits per heavy atom. The highest BCUT2D eigenvalue weighted by Gasteiger charge is 2.24. The highest BCUT2D eigenvalue weighted by atomic mass is 16.6. The van der Waals surface area contributed by atoms with Crippen LogP contribution in [0.4, 0.5) is 0 Å². The van der Waals surface area contributed by atoms with Crippen molar-refractivity contribution in [3.05, 3.63) is 95.6 Å². The van der Waals surface area contributed by atoms with Gasteiger partial charge in [0, 0.05) is 12.0 Å². The molecule has 0 aliphatic carbocycles. The van der Waals surface area contributed by atoms with E-state index in [0.29, 0.717) is 36.7 Å². The van der Waals surface area contributed by atoms with Gasteiger partial charge in [0.1, 0.15) is 19.3 Å². The molecule has 2 amide bonds. The van der Waals surface area contributed by atoms with Crippen molar-refractivity contribution < 1.29 is 19.1 Å². The van der Waals surface area contributed by atoms with Gasteiger partial charge in [-0.05, 0) is 42.3 Å². The third-order valence-electron chi connectivity index (χ3n) is 5.37. The van der Waals surface area contributed by atoms with Gasteiger partial charge in [-0.1, -0.05) is 54.6 Å². The topological polar surface area (TPSA) is 76.7 Å². The molecule has 1 aliphatic heterocycles. The third-order valence-corrected chi connectivity index (χ3v) is 5.37. The van der Waals surface area contributed by atoms with Gasteiger partial charge in [0.05, 0.1) is 6.04 Å². The molecule has 0 aromatic heterocycles. The smallest absolute Gasteiger partial charge is 0.251 e. The standard InChI is InChI=1S/C26H26N2O4/c1-18(21-12-13-23-24(17-21)32-15-14-31-23)27-26(30)22(16-19-8-4-2-5-9-19)28-25(29)20-10-6-3-7-11-20/h2-13,17-18,22H,14-16H2,1H3,(H,27,30)(H,28,29). The van der Waals surface area contributed by atoms with E-state index in [-0.39, 0.29) is 17.9 Å². The molecule has 2 N–H and O–H groups in total. The number of fused-ring (bicyclic) bond motifs is 1. The molecule has 0 radical (unpaired) electrons. The molecule has 0 spiro atoms. The molecule has 0 saturated heterocycles. The first-order valence-corrected chi connectivity index (χ1v) is 10.7. The average molecular weight is 431 g/mol. The Morgan fingerprint density at radius 3 is 2.22 bits per heavy atom. The van der Waals surface area contributed by atoms with Crippen molar-refractivity contribution in [2.75, 3.05) is 13.2 Å². The number of carbonyl (C=O) groups excluding carboxylic acids is 2. The van der Waals surface area contributed by atoms with E-state index < -0.39 is 6.04 Å². The van der Waals surface area contributed by atoms with E-state index in [1.807, 2.05) is 61.5 Å². The Kier molecular flexibility index (Phi) is 6.70. The molecule has 4 rings (SSSR count).